The molecule has 0 unspecified atom stereocenters. The summed E-state index contributed by atoms with van der Waals surface area (Å²) in [6.07, 6.45) is 2.31. The fourth-order valence-corrected chi connectivity index (χ4v) is 1.50. The van der Waals surface area contributed by atoms with Gasteiger partial charge in [0.25, 0.3) is 0 Å². The van der Waals surface area contributed by atoms with Crippen molar-refractivity contribution in [2.24, 2.45) is 0 Å². The summed E-state index contributed by atoms with van der Waals surface area (Å²) in [5, 5.41) is 10.4. The summed E-state index contributed by atoms with van der Waals surface area (Å²) in [6, 6.07) is 12.5. The summed E-state index contributed by atoms with van der Waals surface area (Å²) in [5.74, 6) is -0.684. The van der Waals surface area contributed by atoms with Gasteiger partial charge in [0.2, 0.25) is 0 Å². The van der Waals surface area contributed by atoms with Gasteiger partial charge in [0, 0.05) is 5.56 Å². The number of benzene rings is 2. The first-order valence-electron chi connectivity index (χ1n) is 5.56. The topological polar surface area (TPSA) is 49.4 Å². The molecule has 0 N–H and O–H groups in total. The van der Waals surface area contributed by atoms with Gasteiger partial charge in [-0.1, -0.05) is 18.2 Å². The lowest BCUT2D eigenvalue weighted by atomic mass is 10.2. The standard InChI is InChI=1S/C15H11FO3/c16-12-6-8-13(9-7-12)19-14-4-2-1-3-11(14)5-10-15(17)18/h1-10H,(H,17,18)/p-1/b10-5+. The van der Waals surface area contributed by atoms with E-state index in [4.69, 9.17) is 4.74 Å². The zero-order chi connectivity index (χ0) is 13.7. The Kier molecular flexibility index (Phi) is 3.93. The number of halogens is 1. The van der Waals surface area contributed by atoms with Crippen LogP contribution in [-0.4, -0.2) is 5.97 Å². The van der Waals surface area contributed by atoms with Crippen LogP contribution < -0.4 is 9.84 Å². The van der Waals surface area contributed by atoms with Crippen molar-refractivity contribution in [3.63, 3.8) is 0 Å². The molecule has 4 heteroatoms. The zero-order valence-corrected chi connectivity index (χ0v) is 9.88. The zero-order valence-electron chi connectivity index (χ0n) is 9.88. The van der Waals surface area contributed by atoms with E-state index in [9.17, 15) is 14.3 Å². The second-order valence-electron chi connectivity index (χ2n) is 3.75. The van der Waals surface area contributed by atoms with Crippen molar-refractivity contribution >= 4 is 12.0 Å². The maximum Gasteiger partial charge on any atom is 0.134 e. The molecule has 0 amide bonds. The summed E-state index contributed by atoms with van der Waals surface area (Å²) >= 11 is 0. The second-order valence-corrected chi connectivity index (χ2v) is 3.75. The number of carbonyl (C=O) groups is 1. The van der Waals surface area contributed by atoms with E-state index in [-0.39, 0.29) is 5.82 Å². The highest BCUT2D eigenvalue weighted by atomic mass is 19.1. The summed E-state index contributed by atoms with van der Waals surface area (Å²) in [4.78, 5) is 10.4. The van der Waals surface area contributed by atoms with E-state index in [1.54, 1.807) is 24.3 Å². The van der Waals surface area contributed by atoms with Gasteiger partial charge in [-0.25, -0.2) is 4.39 Å². The van der Waals surface area contributed by atoms with Gasteiger partial charge in [-0.2, -0.15) is 0 Å². The molecule has 0 aliphatic carbocycles. The van der Waals surface area contributed by atoms with Crippen molar-refractivity contribution in [2.75, 3.05) is 0 Å². The molecule has 2 rings (SSSR count). The molecule has 0 fully saturated rings. The molecule has 2 aromatic rings. The Bertz CT molecular complexity index is 603. The molecule has 0 aliphatic rings. The largest absolute Gasteiger partial charge is 0.545 e. The molecule has 0 heterocycles. The fourth-order valence-electron chi connectivity index (χ4n) is 1.50. The van der Waals surface area contributed by atoms with E-state index < -0.39 is 5.97 Å². The third kappa shape index (κ3) is 3.67. The van der Waals surface area contributed by atoms with Crippen LogP contribution in [0.15, 0.2) is 54.6 Å². The Morgan fingerprint density at radius 2 is 1.79 bits per heavy atom. The molecule has 3 nitrogen and oxygen atoms in total. The molecule has 0 aliphatic heterocycles. The first-order chi connectivity index (χ1) is 9.15. The lowest BCUT2D eigenvalue weighted by Gasteiger charge is -2.08. The van der Waals surface area contributed by atoms with E-state index in [1.807, 2.05) is 0 Å². The van der Waals surface area contributed by atoms with Crippen LogP contribution in [0.1, 0.15) is 5.56 Å². The lowest BCUT2D eigenvalue weighted by Crippen LogP contribution is -2.18. The molecule has 0 saturated carbocycles. The summed E-state index contributed by atoms with van der Waals surface area (Å²) in [7, 11) is 0. The third-order valence-corrected chi connectivity index (χ3v) is 2.36. The van der Waals surface area contributed by atoms with Gasteiger partial charge in [-0.3, -0.25) is 0 Å². The monoisotopic (exact) mass is 257 g/mol. The molecule has 0 atom stereocenters. The molecule has 0 radical (unpaired) electrons. The number of hydrogen-bond donors (Lipinski definition) is 0. The van der Waals surface area contributed by atoms with Crippen LogP contribution in [0.2, 0.25) is 0 Å². The maximum absolute atomic E-state index is 12.8. The molecule has 0 bridgehead atoms. The van der Waals surface area contributed by atoms with Gasteiger partial charge in [0.1, 0.15) is 17.3 Å². The Balaban J connectivity index is 2.24. The highest BCUT2D eigenvalue weighted by Gasteiger charge is 2.02. The molecular weight excluding hydrogens is 247 g/mol. The Labute approximate surface area is 109 Å². The minimum absolute atomic E-state index is 0.350. The van der Waals surface area contributed by atoms with Crippen molar-refractivity contribution in [2.45, 2.75) is 0 Å². The number of hydrogen-bond acceptors (Lipinski definition) is 3. The number of carboxylic acid groups (broad SMARTS) is 1. The van der Waals surface area contributed by atoms with Gasteiger partial charge < -0.3 is 14.6 Å². The van der Waals surface area contributed by atoms with Crippen molar-refractivity contribution in [1.29, 1.82) is 0 Å². The highest BCUT2D eigenvalue weighted by molar-refractivity contribution is 5.84. The molecule has 0 saturated heterocycles. The molecule has 2 aromatic carbocycles. The van der Waals surface area contributed by atoms with E-state index in [0.29, 0.717) is 17.1 Å². The Hall–Kier alpha value is -2.62. The number of aliphatic carboxylic acids is 1. The van der Waals surface area contributed by atoms with Gasteiger partial charge in [0.05, 0.1) is 5.97 Å². The minimum atomic E-state index is -1.28. The molecule has 19 heavy (non-hydrogen) atoms. The summed E-state index contributed by atoms with van der Waals surface area (Å²) in [6.45, 7) is 0. The van der Waals surface area contributed by atoms with E-state index in [1.165, 1.54) is 30.3 Å². The molecule has 0 spiro atoms. The van der Waals surface area contributed by atoms with E-state index >= 15 is 0 Å². The Morgan fingerprint density at radius 3 is 2.47 bits per heavy atom. The molecule has 0 aromatic heterocycles. The fraction of sp³-hybridized carbons (Fsp3) is 0. The lowest BCUT2D eigenvalue weighted by molar-refractivity contribution is -0.297. The molecule has 96 valence electrons. The second kappa shape index (κ2) is 5.82. The normalized spacial score (nSPS) is 10.6. The first-order valence-corrected chi connectivity index (χ1v) is 5.56. The van der Waals surface area contributed by atoms with Gasteiger partial charge >= 0.3 is 0 Å². The average molecular weight is 257 g/mol. The number of rotatable bonds is 4. The van der Waals surface area contributed by atoms with Gasteiger partial charge in [0.15, 0.2) is 0 Å². The number of ether oxygens (including phenoxy) is 1. The number of carbonyl (C=O) groups excluding carboxylic acids is 1. The number of para-hydroxylation sites is 1. The minimum Gasteiger partial charge on any atom is -0.545 e. The van der Waals surface area contributed by atoms with Crippen LogP contribution >= 0.6 is 0 Å². The van der Waals surface area contributed by atoms with Crippen LogP contribution in [0.3, 0.4) is 0 Å². The summed E-state index contributed by atoms with van der Waals surface area (Å²) < 4.78 is 18.3. The SMILES string of the molecule is O=C([O-])/C=C/c1ccccc1Oc1ccc(F)cc1. The van der Waals surface area contributed by atoms with E-state index in [2.05, 4.69) is 0 Å². The average Bonchev–Trinajstić information content (AvgIpc) is 2.40. The van der Waals surface area contributed by atoms with Crippen molar-refractivity contribution in [3.8, 4) is 11.5 Å². The van der Waals surface area contributed by atoms with E-state index in [0.717, 1.165) is 6.08 Å². The van der Waals surface area contributed by atoms with Crippen LogP contribution in [0.5, 0.6) is 11.5 Å². The predicted octanol–water partition coefficient (Wildman–Crippen LogP) is 2.38. The number of carboxylic acids is 1. The predicted molar refractivity (Wildman–Crippen MR) is 67.0 cm³/mol. The van der Waals surface area contributed by atoms with Gasteiger partial charge in [-0.05, 0) is 42.5 Å². The van der Waals surface area contributed by atoms with Crippen molar-refractivity contribution in [3.05, 3.63) is 66.0 Å². The highest BCUT2D eigenvalue weighted by Crippen LogP contribution is 2.26. The van der Waals surface area contributed by atoms with Crippen LogP contribution in [0.25, 0.3) is 6.08 Å². The van der Waals surface area contributed by atoms with Crippen molar-refractivity contribution < 1.29 is 19.0 Å². The first kappa shape index (κ1) is 12.8. The molecular formula is C15H10FO3-. The Morgan fingerprint density at radius 1 is 1.11 bits per heavy atom. The smallest absolute Gasteiger partial charge is 0.134 e. The van der Waals surface area contributed by atoms with Gasteiger partial charge in [-0.15, -0.1) is 0 Å². The van der Waals surface area contributed by atoms with Crippen LogP contribution in [0.4, 0.5) is 4.39 Å². The quantitative estimate of drug-likeness (QED) is 0.790. The van der Waals surface area contributed by atoms with Crippen LogP contribution in [0, 0.1) is 5.82 Å². The van der Waals surface area contributed by atoms with Crippen molar-refractivity contribution in [1.82, 2.24) is 0 Å². The summed E-state index contributed by atoms with van der Waals surface area (Å²) in [5.41, 5.74) is 0.594. The third-order valence-electron chi connectivity index (χ3n) is 2.36. The van der Waals surface area contributed by atoms with Crippen LogP contribution in [-0.2, 0) is 4.79 Å². The maximum atomic E-state index is 12.8.